The highest BCUT2D eigenvalue weighted by Crippen LogP contribution is 2.25. The Morgan fingerprint density at radius 3 is 2.70 bits per heavy atom. The van der Waals surface area contributed by atoms with E-state index >= 15 is 0 Å². The number of hydrogen-bond donors (Lipinski definition) is 3. The molecule has 3 amide bonds. The van der Waals surface area contributed by atoms with Crippen LogP contribution in [0.15, 0.2) is 42.5 Å². The lowest BCUT2D eigenvalue weighted by molar-refractivity contribution is -0.141. The van der Waals surface area contributed by atoms with Crippen molar-refractivity contribution in [3.05, 3.63) is 65.2 Å². The third-order valence-corrected chi connectivity index (χ3v) is 6.17. The van der Waals surface area contributed by atoms with E-state index in [2.05, 4.69) is 16.7 Å². The van der Waals surface area contributed by atoms with Crippen molar-refractivity contribution in [1.29, 1.82) is 0 Å². The minimum Gasteiger partial charge on any atom is -0.394 e. The van der Waals surface area contributed by atoms with Gasteiger partial charge in [0.05, 0.1) is 30.9 Å². The molecule has 1 saturated heterocycles. The highest BCUT2D eigenvalue weighted by Gasteiger charge is 2.34. The first-order chi connectivity index (χ1) is 15.9. The van der Waals surface area contributed by atoms with E-state index in [-0.39, 0.29) is 30.7 Å². The molecule has 0 aromatic heterocycles. The fourth-order valence-electron chi connectivity index (χ4n) is 4.40. The third kappa shape index (κ3) is 5.66. The summed E-state index contributed by atoms with van der Waals surface area (Å²) >= 11 is 0. The predicted octanol–water partition coefficient (Wildman–Crippen LogP) is 2.97. The number of carbonyl (C=O) groups excluding carboxylic acids is 2. The Morgan fingerprint density at radius 2 is 1.91 bits per heavy atom. The fraction of sp³-hybridized carbons (Fsp3) is 0.417. The molecular formula is C24H27F2N3O4. The largest absolute Gasteiger partial charge is 0.394 e. The molecular weight excluding hydrogens is 432 g/mol. The summed E-state index contributed by atoms with van der Waals surface area (Å²) in [5.74, 6) is -1.44. The lowest BCUT2D eigenvalue weighted by Gasteiger charge is -2.37. The number of ether oxygens (including phenoxy) is 1. The monoisotopic (exact) mass is 459 g/mol. The normalized spacial score (nSPS) is 22.4. The SMILES string of the molecule is O=C(Nc1cc(F)ccc1F)N[C@H]1CC[C@@H](CC(=O)N2CCc3ccccc3C2)O[C@H]1CO. The summed E-state index contributed by atoms with van der Waals surface area (Å²) in [6, 6.07) is 9.59. The number of hydrogen-bond acceptors (Lipinski definition) is 4. The summed E-state index contributed by atoms with van der Waals surface area (Å²) in [7, 11) is 0. The Labute approximate surface area is 190 Å². The predicted molar refractivity (Wildman–Crippen MR) is 117 cm³/mol. The van der Waals surface area contributed by atoms with Crippen LogP contribution in [0.4, 0.5) is 19.3 Å². The van der Waals surface area contributed by atoms with Gasteiger partial charge in [-0.2, -0.15) is 0 Å². The van der Waals surface area contributed by atoms with Gasteiger partial charge in [-0.1, -0.05) is 24.3 Å². The van der Waals surface area contributed by atoms with Crippen molar-refractivity contribution in [3.63, 3.8) is 0 Å². The molecule has 3 N–H and O–H groups in total. The van der Waals surface area contributed by atoms with Crippen LogP contribution < -0.4 is 10.6 Å². The second-order valence-electron chi connectivity index (χ2n) is 8.42. The molecule has 1 fully saturated rings. The lowest BCUT2D eigenvalue weighted by atomic mass is 9.96. The average Bonchev–Trinajstić information content (AvgIpc) is 2.82. The van der Waals surface area contributed by atoms with E-state index in [1.807, 2.05) is 23.1 Å². The van der Waals surface area contributed by atoms with Crippen LogP contribution in [0.2, 0.25) is 0 Å². The number of halogens is 2. The molecule has 0 bridgehead atoms. The van der Waals surface area contributed by atoms with E-state index < -0.39 is 29.8 Å². The number of urea groups is 1. The second kappa shape index (κ2) is 10.3. The second-order valence-corrected chi connectivity index (χ2v) is 8.42. The van der Waals surface area contributed by atoms with E-state index in [0.717, 1.165) is 30.2 Å². The topological polar surface area (TPSA) is 90.9 Å². The molecule has 0 saturated carbocycles. The van der Waals surface area contributed by atoms with Crippen LogP contribution >= 0.6 is 0 Å². The maximum Gasteiger partial charge on any atom is 0.319 e. The van der Waals surface area contributed by atoms with Crippen molar-refractivity contribution in [2.45, 2.75) is 50.5 Å². The first kappa shape index (κ1) is 23.1. The van der Waals surface area contributed by atoms with Gasteiger partial charge in [-0.25, -0.2) is 13.6 Å². The van der Waals surface area contributed by atoms with Gasteiger partial charge in [0.15, 0.2) is 0 Å². The van der Waals surface area contributed by atoms with Gasteiger partial charge in [-0.15, -0.1) is 0 Å². The first-order valence-electron chi connectivity index (χ1n) is 11.1. The Hall–Kier alpha value is -3.04. The van der Waals surface area contributed by atoms with Gasteiger partial charge in [-0.3, -0.25) is 4.79 Å². The zero-order chi connectivity index (χ0) is 23.4. The molecule has 33 heavy (non-hydrogen) atoms. The minimum atomic E-state index is -0.760. The average molecular weight is 459 g/mol. The fourth-order valence-corrected chi connectivity index (χ4v) is 4.40. The van der Waals surface area contributed by atoms with Crippen LogP contribution in [-0.4, -0.2) is 53.3 Å². The van der Waals surface area contributed by atoms with Crippen LogP contribution in [0.25, 0.3) is 0 Å². The molecule has 2 aliphatic heterocycles. The minimum absolute atomic E-state index is 0.00285. The van der Waals surface area contributed by atoms with Gasteiger partial charge >= 0.3 is 6.03 Å². The zero-order valence-corrected chi connectivity index (χ0v) is 18.1. The van der Waals surface area contributed by atoms with E-state index in [9.17, 15) is 23.5 Å². The molecule has 2 aliphatic rings. The number of nitrogens with one attached hydrogen (secondary N) is 2. The Morgan fingerprint density at radius 1 is 1.12 bits per heavy atom. The summed E-state index contributed by atoms with van der Waals surface area (Å²) in [6.07, 6.45) is 0.943. The van der Waals surface area contributed by atoms with Crippen molar-refractivity contribution >= 4 is 17.6 Å². The smallest absolute Gasteiger partial charge is 0.319 e. The maximum absolute atomic E-state index is 13.7. The standard InChI is InChI=1S/C24H27F2N3O4/c25-17-5-7-19(26)21(11-17)28-24(32)27-20-8-6-18(33-22(20)14-30)12-23(31)29-10-9-15-3-1-2-4-16(15)13-29/h1-5,7,11,18,20,22,30H,6,8-10,12-14H2,(H2,27,28,32)/t18-,20-,22-/m0/s1. The number of benzene rings is 2. The van der Waals surface area contributed by atoms with Crippen molar-refractivity contribution in [2.75, 3.05) is 18.5 Å². The first-order valence-corrected chi connectivity index (χ1v) is 11.1. The molecule has 2 heterocycles. The van der Waals surface area contributed by atoms with E-state index in [0.29, 0.717) is 25.9 Å². The van der Waals surface area contributed by atoms with Crippen LogP contribution in [0.5, 0.6) is 0 Å². The van der Waals surface area contributed by atoms with Crippen LogP contribution in [-0.2, 0) is 22.5 Å². The molecule has 176 valence electrons. The van der Waals surface area contributed by atoms with Crippen molar-refractivity contribution < 1.29 is 28.2 Å². The van der Waals surface area contributed by atoms with Gasteiger partial charge in [0.25, 0.3) is 0 Å². The van der Waals surface area contributed by atoms with Gasteiger partial charge in [-0.05, 0) is 42.5 Å². The van der Waals surface area contributed by atoms with E-state index in [4.69, 9.17) is 4.74 Å². The van der Waals surface area contributed by atoms with Gasteiger partial charge < -0.3 is 25.4 Å². The third-order valence-electron chi connectivity index (χ3n) is 6.17. The molecule has 0 radical (unpaired) electrons. The summed E-state index contributed by atoms with van der Waals surface area (Å²) in [5, 5.41) is 14.7. The molecule has 3 atom stereocenters. The highest BCUT2D eigenvalue weighted by molar-refractivity contribution is 5.89. The molecule has 9 heteroatoms. The zero-order valence-electron chi connectivity index (χ0n) is 18.1. The number of rotatable bonds is 5. The number of amides is 3. The van der Waals surface area contributed by atoms with Crippen molar-refractivity contribution in [2.24, 2.45) is 0 Å². The molecule has 0 unspecified atom stereocenters. The van der Waals surface area contributed by atoms with E-state index in [1.165, 1.54) is 5.56 Å². The summed E-state index contributed by atoms with van der Waals surface area (Å²) in [4.78, 5) is 26.9. The molecule has 2 aromatic carbocycles. The van der Waals surface area contributed by atoms with Gasteiger partial charge in [0, 0.05) is 19.2 Å². The molecule has 2 aromatic rings. The molecule has 4 rings (SSSR count). The van der Waals surface area contributed by atoms with Crippen LogP contribution in [0.3, 0.4) is 0 Å². The van der Waals surface area contributed by atoms with Gasteiger partial charge in [0.2, 0.25) is 5.91 Å². The Bertz CT molecular complexity index is 1020. The molecule has 0 aliphatic carbocycles. The summed E-state index contributed by atoms with van der Waals surface area (Å²) < 4.78 is 33.0. The van der Waals surface area contributed by atoms with Crippen molar-refractivity contribution in [3.8, 4) is 0 Å². The Balaban J connectivity index is 1.29. The lowest BCUT2D eigenvalue weighted by Crippen LogP contribution is -2.52. The van der Waals surface area contributed by atoms with Crippen LogP contribution in [0.1, 0.15) is 30.4 Å². The summed E-state index contributed by atoms with van der Waals surface area (Å²) in [5.41, 5.74) is 2.14. The maximum atomic E-state index is 13.7. The number of nitrogens with zero attached hydrogens (tertiary/aromatic N) is 1. The number of anilines is 1. The summed E-state index contributed by atoms with van der Waals surface area (Å²) in [6.45, 7) is 0.889. The number of fused-ring (bicyclic) bond motifs is 1. The number of aliphatic hydroxyl groups is 1. The molecule has 0 spiro atoms. The Kier molecular flexibility index (Phi) is 7.20. The quantitative estimate of drug-likeness (QED) is 0.641. The number of aliphatic hydroxyl groups excluding tert-OH is 1. The highest BCUT2D eigenvalue weighted by atomic mass is 19.1. The van der Waals surface area contributed by atoms with Gasteiger partial charge in [0.1, 0.15) is 17.7 Å². The van der Waals surface area contributed by atoms with Crippen LogP contribution in [0, 0.1) is 11.6 Å². The van der Waals surface area contributed by atoms with Crippen molar-refractivity contribution in [1.82, 2.24) is 10.2 Å². The van der Waals surface area contributed by atoms with E-state index in [1.54, 1.807) is 0 Å². The number of carbonyl (C=O) groups is 2. The molecule has 7 nitrogen and oxygen atoms in total.